The van der Waals surface area contributed by atoms with Gasteiger partial charge in [-0.3, -0.25) is 0 Å². The van der Waals surface area contributed by atoms with Crippen LogP contribution in [0.3, 0.4) is 0 Å². The van der Waals surface area contributed by atoms with E-state index in [4.69, 9.17) is 14.9 Å². The summed E-state index contributed by atoms with van der Waals surface area (Å²) in [6.07, 6.45) is 8.52. The third-order valence-corrected chi connectivity index (χ3v) is 4.59. The van der Waals surface area contributed by atoms with Gasteiger partial charge in [0.1, 0.15) is 6.61 Å². The predicted molar refractivity (Wildman–Crippen MR) is 169 cm³/mol. The minimum atomic E-state index is -0.981. The number of esters is 3. The molecule has 1 unspecified atom stereocenters. The molecule has 0 radical (unpaired) electrons. The van der Waals surface area contributed by atoms with E-state index in [0.29, 0.717) is 23.7 Å². The van der Waals surface area contributed by atoms with Crippen molar-refractivity contribution in [3.8, 4) is 0 Å². The fourth-order valence-electron chi connectivity index (χ4n) is 2.18. The average Bonchev–Trinajstić information content (AvgIpc) is 3.00. The lowest BCUT2D eigenvalue weighted by atomic mass is 10.0. The molecule has 0 heterocycles. The van der Waals surface area contributed by atoms with Crippen LogP contribution in [0.2, 0.25) is 0 Å². The third-order valence-electron chi connectivity index (χ3n) is 4.59. The first-order valence-corrected chi connectivity index (χ1v) is 13.3. The molecular formula is C33H50O9. The second-order valence-corrected chi connectivity index (χ2v) is 8.32. The quantitative estimate of drug-likeness (QED) is 0.153. The summed E-state index contributed by atoms with van der Waals surface area (Å²) < 4.78 is 13.7. The summed E-state index contributed by atoms with van der Waals surface area (Å²) in [6.45, 7) is 24.6. The van der Waals surface area contributed by atoms with E-state index in [1.165, 1.54) is 31.6 Å². The van der Waals surface area contributed by atoms with E-state index in [1.54, 1.807) is 13.8 Å². The standard InChI is InChI=1S/C11H20O2.C8H8.C6H10O3.C5H8O2.C3H4O2/c1-4-7-8-10(5-2)9-13-11(12)6-3;1-2-8-6-4-3-5-7-8;1-5(2)6(8)9-4-3-7;1-4(2)5(6)7-3;1-2-3(4)5/h6,10H,3-5,7-9H2,1-2H3;2-7H,1H2;7H,1,3-4H2,2H3;1H2,2-3H3;2H,1H2,(H,4,5). The fourth-order valence-corrected chi connectivity index (χ4v) is 2.18. The van der Waals surface area contributed by atoms with E-state index in [-0.39, 0.29) is 25.2 Å². The maximum atomic E-state index is 10.8. The van der Waals surface area contributed by atoms with Gasteiger partial charge in [-0.05, 0) is 31.7 Å². The summed E-state index contributed by atoms with van der Waals surface area (Å²) >= 11 is 0. The van der Waals surface area contributed by atoms with Crippen molar-refractivity contribution in [1.82, 2.24) is 0 Å². The summed E-state index contributed by atoms with van der Waals surface area (Å²) in [5, 5.41) is 15.8. The fraction of sp³-hybridized carbons (Fsp3) is 0.394. The van der Waals surface area contributed by atoms with Crippen molar-refractivity contribution < 1.29 is 43.6 Å². The smallest absolute Gasteiger partial charge is 0.333 e. The highest BCUT2D eigenvalue weighted by Gasteiger charge is 2.07. The summed E-state index contributed by atoms with van der Waals surface area (Å²) in [5.41, 5.74) is 1.96. The zero-order valence-electron chi connectivity index (χ0n) is 25.9. The van der Waals surface area contributed by atoms with Crippen LogP contribution >= 0.6 is 0 Å². The van der Waals surface area contributed by atoms with Crippen molar-refractivity contribution in [2.24, 2.45) is 5.92 Å². The van der Waals surface area contributed by atoms with Crippen molar-refractivity contribution in [2.75, 3.05) is 26.9 Å². The second-order valence-electron chi connectivity index (χ2n) is 8.32. The molecular weight excluding hydrogens is 540 g/mol. The summed E-state index contributed by atoms with van der Waals surface area (Å²) in [5.74, 6) is -1.58. The number of carboxylic acids is 1. The number of benzene rings is 1. The molecule has 0 aliphatic rings. The summed E-state index contributed by atoms with van der Waals surface area (Å²) in [7, 11) is 1.33. The highest BCUT2D eigenvalue weighted by molar-refractivity contribution is 5.87. The molecule has 0 bridgehead atoms. The highest BCUT2D eigenvalue weighted by atomic mass is 16.5. The van der Waals surface area contributed by atoms with Crippen LogP contribution in [0, 0.1) is 5.92 Å². The van der Waals surface area contributed by atoms with Gasteiger partial charge in [-0.15, -0.1) is 0 Å². The molecule has 1 aromatic rings. The number of unbranched alkanes of at least 4 members (excludes halogenated alkanes) is 1. The average molecular weight is 591 g/mol. The molecule has 1 aromatic carbocycles. The molecule has 1 rings (SSSR count). The van der Waals surface area contributed by atoms with Crippen LogP contribution in [0.1, 0.15) is 58.9 Å². The Morgan fingerprint density at radius 3 is 1.71 bits per heavy atom. The minimum absolute atomic E-state index is 0.0473. The van der Waals surface area contributed by atoms with Crippen LogP contribution in [0.25, 0.3) is 6.08 Å². The third kappa shape index (κ3) is 35.8. The van der Waals surface area contributed by atoms with E-state index in [9.17, 15) is 19.2 Å². The number of aliphatic hydroxyl groups is 1. The van der Waals surface area contributed by atoms with Gasteiger partial charge >= 0.3 is 23.9 Å². The lowest BCUT2D eigenvalue weighted by Crippen LogP contribution is -2.12. The monoisotopic (exact) mass is 590 g/mol. The number of ether oxygens (including phenoxy) is 3. The molecule has 0 aliphatic carbocycles. The van der Waals surface area contributed by atoms with Crippen LogP contribution in [0.4, 0.5) is 0 Å². The van der Waals surface area contributed by atoms with Crippen LogP contribution in [-0.2, 0) is 33.4 Å². The molecule has 0 aliphatic heterocycles. The molecule has 0 aromatic heterocycles. The van der Waals surface area contributed by atoms with E-state index >= 15 is 0 Å². The number of methoxy groups -OCH3 is 1. The van der Waals surface area contributed by atoms with Gasteiger partial charge in [-0.1, -0.05) is 102 Å². The first kappa shape index (κ1) is 44.8. The Hall–Kier alpha value is -4.24. The Morgan fingerprint density at radius 1 is 0.905 bits per heavy atom. The largest absolute Gasteiger partial charge is 0.478 e. The minimum Gasteiger partial charge on any atom is -0.478 e. The van der Waals surface area contributed by atoms with Crippen molar-refractivity contribution in [3.05, 3.63) is 92.1 Å². The number of hydrogen-bond acceptors (Lipinski definition) is 8. The van der Waals surface area contributed by atoms with Crippen molar-refractivity contribution in [2.45, 2.75) is 53.4 Å². The van der Waals surface area contributed by atoms with Gasteiger partial charge < -0.3 is 24.4 Å². The first-order valence-electron chi connectivity index (χ1n) is 13.3. The van der Waals surface area contributed by atoms with Gasteiger partial charge in [0.25, 0.3) is 0 Å². The number of carbonyl (C=O) groups is 4. The number of hydrogen-bond donors (Lipinski definition) is 2. The number of rotatable bonds is 13. The molecule has 9 heteroatoms. The van der Waals surface area contributed by atoms with Crippen molar-refractivity contribution in [3.63, 3.8) is 0 Å². The summed E-state index contributed by atoms with van der Waals surface area (Å²) in [4.78, 5) is 40.7. The number of aliphatic hydroxyl groups excluding tert-OH is 1. The zero-order chi connectivity index (χ0) is 33.3. The van der Waals surface area contributed by atoms with Gasteiger partial charge in [0.15, 0.2) is 0 Å². The molecule has 0 spiro atoms. The van der Waals surface area contributed by atoms with Gasteiger partial charge in [0.05, 0.1) is 20.3 Å². The van der Waals surface area contributed by atoms with Gasteiger partial charge in [-0.2, -0.15) is 0 Å². The molecule has 42 heavy (non-hydrogen) atoms. The van der Waals surface area contributed by atoms with E-state index < -0.39 is 11.9 Å². The van der Waals surface area contributed by atoms with Gasteiger partial charge in [-0.25, -0.2) is 19.2 Å². The first-order chi connectivity index (χ1) is 19.8. The van der Waals surface area contributed by atoms with Crippen LogP contribution in [0.15, 0.2) is 86.5 Å². The number of aliphatic carboxylic acids is 1. The Balaban J connectivity index is -0.000000222. The van der Waals surface area contributed by atoms with E-state index in [1.807, 2.05) is 36.4 Å². The van der Waals surface area contributed by atoms with Crippen LogP contribution in [0.5, 0.6) is 0 Å². The Kier molecular flexibility index (Phi) is 35.1. The lowest BCUT2D eigenvalue weighted by Gasteiger charge is -2.13. The maximum Gasteiger partial charge on any atom is 0.333 e. The molecule has 0 fully saturated rings. The van der Waals surface area contributed by atoms with Crippen LogP contribution < -0.4 is 0 Å². The zero-order valence-corrected chi connectivity index (χ0v) is 25.9. The SMILES string of the molecule is C=C(C)C(=O)OC.C=C(C)C(=O)OCCO.C=CC(=O)O.C=CC(=O)OCC(CC)CCCC.C=Cc1ccccc1. The molecule has 0 saturated heterocycles. The lowest BCUT2D eigenvalue weighted by molar-refractivity contribution is -0.140. The van der Waals surface area contributed by atoms with E-state index in [0.717, 1.165) is 18.9 Å². The predicted octanol–water partition coefficient (Wildman–Crippen LogP) is 6.35. The Morgan fingerprint density at radius 2 is 1.43 bits per heavy atom. The Bertz CT molecular complexity index is 934. The summed E-state index contributed by atoms with van der Waals surface area (Å²) in [6, 6.07) is 10.0. The highest BCUT2D eigenvalue weighted by Crippen LogP contribution is 2.12. The maximum absolute atomic E-state index is 10.8. The molecule has 0 amide bonds. The molecule has 0 saturated carbocycles. The number of carbonyl (C=O) groups excluding carboxylic acids is 3. The second kappa shape index (κ2) is 33.0. The normalized spacial score (nSPS) is 9.29. The van der Waals surface area contributed by atoms with Crippen molar-refractivity contribution >= 4 is 30.0 Å². The molecule has 236 valence electrons. The van der Waals surface area contributed by atoms with Gasteiger partial charge in [0.2, 0.25) is 0 Å². The molecule has 2 N–H and O–H groups in total. The molecule has 9 nitrogen and oxygen atoms in total. The van der Waals surface area contributed by atoms with Crippen molar-refractivity contribution in [1.29, 1.82) is 0 Å². The van der Waals surface area contributed by atoms with Gasteiger partial charge in [0, 0.05) is 23.3 Å². The Labute approximate surface area is 251 Å². The number of carboxylic acid groups (broad SMARTS) is 1. The molecule has 1 atom stereocenters. The van der Waals surface area contributed by atoms with Crippen LogP contribution in [-0.4, -0.2) is 61.0 Å². The van der Waals surface area contributed by atoms with E-state index in [2.05, 4.69) is 56.2 Å². The topological polar surface area (TPSA) is 136 Å².